The zero-order chi connectivity index (χ0) is 20.6. The Morgan fingerprint density at radius 1 is 1.14 bits per heavy atom. The Hall–Kier alpha value is -3.11. The lowest BCUT2D eigenvalue weighted by Crippen LogP contribution is -2.51. The van der Waals surface area contributed by atoms with Gasteiger partial charge < -0.3 is 20.2 Å². The van der Waals surface area contributed by atoms with Crippen molar-refractivity contribution < 1.29 is 19.1 Å². The molecule has 1 heterocycles. The number of rotatable bonds is 7. The number of aliphatic hydroxyl groups excluding tert-OH is 1. The Kier molecular flexibility index (Phi) is 7.04. The number of nitriles is 1. The number of aliphatic hydroxyl groups is 1. The van der Waals surface area contributed by atoms with Crippen molar-refractivity contribution in [2.45, 2.75) is 38.1 Å². The summed E-state index contributed by atoms with van der Waals surface area (Å²) in [5, 5.41) is 23.4. The molecule has 1 aromatic heterocycles. The third kappa shape index (κ3) is 5.24. The van der Waals surface area contributed by atoms with Crippen molar-refractivity contribution in [3.63, 3.8) is 0 Å². The third-order valence-electron chi connectivity index (χ3n) is 5.23. The first-order valence-corrected chi connectivity index (χ1v) is 9.92. The maximum absolute atomic E-state index is 12.7. The van der Waals surface area contributed by atoms with Gasteiger partial charge in [0.1, 0.15) is 11.8 Å². The first-order valence-electron chi connectivity index (χ1n) is 9.92. The monoisotopic (exact) mass is 395 g/mol. The van der Waals surface area contributed by atoms with E-state index in [9.17, 15) is 9.59 Å². The lowest BCUT2D eigenvalue weighted by atomic mass is 9.83. The average Bonchev–Trinajstić information content (AvgIpc) is 3.27. The second kappa shape index (κ2) is 9.89. The van der Waals surface area contributed by atoms with Gasteiger partial charge in [0.25, 0.3) is 5.91 Å². The third-order valence-corrected chi connectivity index (χ3v) is 5.23. The van der Waals surface area contributed by atoms with Gasteiger partial charge in [-0.1, -0.05) is 19.3 Å². The smallest absolute Gasteiger partial charge is 0.287 e. The van der Waals surface area contributed by atoms with Gasteiger partial charge in [-0.25, -0.2) is 0 Å². The van der Waals surface area contributed by atoms with E-state index >= 15 is 0 Å². The SMILES string of the molecule is N#Cc1ccc(-c2ccc(C(=O)NC(C(=O)NCCO)C3CCCCC3)o2)cc1. The number of furan rings is 1. The van der Waals surface area contributed by atoms with E-state index in [-0.39, 0.29) is 30.7 Å². The predicted octanol–water partition coefficient (Wildman–Crippen LogP) is 2.61. The number of amides is 2. The molecule has 1 saturated carbocycles. The van der Waals surface area contributed by atoms with Crippen molar-refractivity contribution in [1.29, 1.82) is 5.26 Å². The van der Waals surface area contributed by atoms with E-state index in [1.54, 1.807) is 36.4 Å². The minimum absolute atomic E-state index is 0.0688. The molecule has 2 aromatic rings. The summed E-state index contributed by atoms with van der Waals surface area (Å²) in [6, 6.07) is 11.5. The molecule has 1 aliphatic carbocycles. The number of nitrogens with zero attached hydrogens (tertiary/aromatic N) is 1. The number of benzene rings is 1. The molecule has 1 unspecified atom stereocenters. The zero-order valence-electron chi connectivity index (χ0n) is 16.2. The van der Waals surface area contributed by atoms with Crippen LogP contribution in [0.25, 0.3) is 11.3 Å². The maximum Gasteiger partial charge on any atom is 0.287 e. The summed E-state index contributed by atoms with van der Waals surface area (Å²) in [7, 11) is 0. The fourth-order valence-electron chi connectivity index (χ4n) is 3.69. The summed E-state index contributed by atoms with van der Waals surface area (Å²) in [6.45, 7) is 0.00469. The van der Waals surface area contributed by atoms with E-state index in [1.807, 2.05) is 0 Å². The van der Waals surface area contributed by atoms with Crippen LogP contribution in [0.1, 0.15) is 48.2 Å². The molecule has 1 fully saturated rings. The van der Waals surface area contributed by atoms with Crippen LogP contribution in [0.15, 0.2) is 40.8 Å². The highest BCUT2D eigenvalue weighted by Gasteiger charge is 2.31. The molecule has 0 aliphatic heterocycles. The average molecular weight is 395 g/mol. The minimum Gasteiger partial charge on any atom is -0.451 e. The molecule has 0 radical (unpaired) electrons. The largest absolute Gasteiger partial charge is 0.451 e. The summed E-state index contributed by atoms with van der Waals surface area (Å²) in [5.74, 6) is -0.0177. The molecule has 2 amide bonds. The zero-order valence-corrected chi connectivity index (χ0v) is 16.2. The molecule has 0 bridgehead atoms. The Morgan fingerprint density at radius 3 is 2.52 bits per heavy atom. The first-order chi connectivity index (χ1) is 14.1. The Morgan fingerprint density at radius 2 is 1.86 bits per heavy atom. The van der Waals surface area contributed by atoms with Crippen LogP contribution in [0.3, 0.4) is 0 Å². The molecule has 0 saturated heterocycles. The van der Waals surface area contributed by atoms with Crippen LogP contribution < -0.4 is 10.6 Å². The van der Waals surface area contributed by atoms with Crippen LogP contribution in [-0.4, -0.2) is 36.1 Å². The second-order valence-corrected chi connectivity index (χ2v) is 7.22. The molecular formula is C22H25N3O4. The number of hydrogen-bond donors (Lipinski definition) is 3. The van der Waals surface area contributed by atoms with Crippen LogP contribution >= 0.6 is 0 Å². The van der Waals surface area contributed by atoms with Gasteiger partial charge >= 0.3 is 0 Å². The maximum atomic E-state index is 12.7. The van der Waals surface area contributed by atoms with Gasteiger partial charge in [0.2, 0.25) is 5.91 Å². The summed E-state index contributed by atoms with van der Waals surface area (Å²) in [6.07, 6.45) is 4.97. The summed E-state index contributed by atoms with van der Waals surface area (Å²) in [5.41, 5.74) is 1.30. The van der Waals surface area contributed by atoms with Gasteiger partial charge in [0.15, 0.2) is 5.76 Å². The Bertz CT molecular complexity index is 876. The standard InChI is InChI=1S/C22H25N3O4/c23-14-15-6-8-16(9-7-15)18-10-11-19(29-18)21(27)25-20(22(28)24-12-13-26)17-4-2-1-3-5-17/h6-11,17,20,26H,1-5,12-13H2,(H,24,28)(H,25,27). The van der Waals surface area contributed by atoms with E-state index in [2.05, 4.69) is 16.7 Å². The molecule has 29 heavy (non-hydrogen) atoms. The quantitative estimate of drug-likeness (QED) is 0.666. The second-order valence-electron chi connectivity index (χ2n) is 7.22. The Balaban J connectivity index is 1.72. The van der Waals surface area contributed by atoms with Crippen LogP contribution in [0, 0.1) is 17.2 Å². The van der Waals surface area contributed by atoms with E-state index in [0.29, 0.717) is 11.3 Å². The molecule has 152 valence electrons. The van der Waals surface area contributed by atoms with Crippen LogP contribution in [0.4, 0.5) is 0 Å². The predicted molar refractivity (Wildman–Crippen MR) is 107 cm³/mol. The summed E-state index contributed by atoms with van der Waals surface area (Å²) >= 11 is 0. The molecule has 0 spiro atoms. The van der Waals surface area contributed by atoms with Gasteiger partial charge in [0.05, 0.1) is 18.2 Å². The lowest BCUT2D eigenvalue weighted by Gasteiger charge is -2.29. The molecule has 3 rings (SSSR count). The number of hydrogen-bond acceptors (Lipinski definition) is 5. The molecule has 1 aliphatic rings. The molecule has 1 aromatic carbocycles. The number of nitrogens with one attached hydrogen (secondary N) is 2. The molecule has 7 nitrogen and oxygen atoms in total. The highest BCUT2D eigenvalue weighted by atomic mass is 16.4. The molecule has 3 N–H and O–H groups in total. The van der Waals surface area contributed by atoms with E-state index in [0.717, 1.165) is 37.7 Å². The van der Waals surface area contributed by atoms with Crippen molar-refractivity contribution in [3.05, 3.63) is 47.7 Å². The van der Waals surface area contributed by atoms with E-state index in [4.69, 9.17) is 14.8 Å². The summed E-state index contributed by atoms with van der Waals surface area (Å²) < 4.78 is 5.69. The lowest BCUT2D eigenvalue weighted by molar-refractivity contribution is -0.124. The van der Waals surface area contributed by atoms with Crippen LogP contribution in [0.5, 0.6) is 0 Å². The number of carbonyl (C=O) groups excluding carboxylic acids is 2. The van der Waals surface area contributed by atoms with E-state index < -0.39 is 11.9 Å². The van der Waals surface area contributed by atoms with Crippen molar-refractivity contribution >= 4 is 11.8 Å². The molecular weight excluding hydrogens is 370 g/mol. The minimum atomic E-state index is -0.655. The van der Waals surface area contributed by atoms with Crippen LogP contribution in [-0.2, 0) is 4.79 Å². The van der Waals surface area contributed by atoms with Gasteiger partial charge in [-0.05, 0) is 55.2 Å². The van der Waals surface area contributed by atoms with Gasteiger partial charge in [-0.3, -0.25) is 9.59 Å². The van der Waals surface area contributed by atoms with E-state index in [1.165, 1.54) is 0 Å². The van der Waals surface area contributed by atoms with Crippen molar-refractivity contribution in [2.75, 3.05) is 13.2 Å². The normalized spacial score (nSPS) is 15.3. The van der Waals surface area contributed by atoms with Crippen molar-refractivity contribution in [1.82, 2.24) is 10.6 Å². The fourth-order valence-corrected chi connectivity index (χ4v) is 3.69. The highest BCUT2D eigenvalue weighted by Crippen LogP contribution is 2.27. The molecule has 7 heteroatoms. The van der Waals surface area contributed by atoms with Crippen molar-refractivity contribution in [3.8, 4) is 17.4 Å². The topological polar surface area (TPSA) is 115 Å². The number of carbonyl (C=O) groups is 2. The van der Waals surface area contributed by atoms with Crippen molar-refractivity contribution in [2.24, 2.45) is 5.92 Å². The van der Waals surface area contributed by atoms with Gasteiger partial charge in [-0.2, -0.15) is 5.26 Å². The van der Waals surface area contributed by atoms with Gasteiger partial charge in [0, 0.05) is 12.1 Å². The summed E-state index contributed by atoms with van der Waals surface area (Å²) in [4.78, 5) is 25.3. The first kappa shape index (κ1) is 20.6. The fraction of sp³-hybridized carbons (Fsp3) is 0.409. The Labute approximate surface area is 169 Å². The van der Waals surface area contributed by atoms with Gasteiger partial charge in [-0.15, -0.1) is 0 Å². The molecule has 1 atom stereocenters. The van der Waals surface area contributed by atoms with Crippen LogP contribution in [0.2, 0.25) is 0 Å². The highest BCUT2D eigenvalue weighted by molar-refractivity contribution is 5.96.